The normalized spacial score (nSPS) is 19.7. The number of rotatable bonds is 8. The second-order valence-corrected chi connectivity index (χ2v) is 12.8. The molecular formula is C30H37N3O5S. The summed E-state index contributed by atoms with van der Waals surface area (Å²) in [5, 5.41) is 19.5. The average Bonchev–Trinajstić information content (AvgIpc) is 2.88. The fourth-order valence-corrected chi connectivity index (χ4v) is 6.35. The van der Waals surface area contributed by atoms with Crippen molar-refractivity contribution in [1.82, 2.24) is 14.1 Å². The standard InChI is InChI=1S/C30H37N3O5S/c1-20-15-27(39(37,38)31(4)5)13-14-28(20)29(25-7-6-8-26(34)16-25)33-18-21(2)32(17-22(33)3)19-23-9-11-24(12-10-23)30(35)36/h6-16,21-22,29,34H,17-19H2,1-5H3,(H,35,36)/t21-,22+,29-/m0/s1. The zero-order valence-electron chi connectivity index (χ0n) is 23.1. The quantitative estimate of drug-likeness (QED) is 0.430. The van der Waals surface area contributed by atoms with Crippen LogP contribution in [-0.2, 0) is 16.6 Å². The van der Waals surface area contributed by atoms with E-state index < -0.39 is 16.0 Å². The first-order valence-corrected chi connectivity index (χ1v) is 14.5. The molecule has 1 aliphatic rings. The Labute approximate surface area is 231 Å². The number of phenolic OH excluding ortho intramolecular Hbond substituents is 1. The van der Waals surface area contributed by atoms with Crippen molar-refractivity contribution in [3.05, 3.63) is 94.5 Å². The second kappa shape index (κ2) is 11.5. The van der Waals surface area contributed by atoms with Gasteiger partial charge in [0.25, 0.3) is 0 Å². The first kappa shape index (κ1) is 28.8. The zero-order valence-corrected chi connectivity index (χ0v) is 23.9. The molecule has 3 aromatic rings. The van der Waals surface area contributed by atoms with Crippen LogP contribution in [0.5, 0.6) is 5.75 Å². The van der Waals surface area contributed by atoms with Gasteiger partial charge in [-0.3, -0.25) is 9.80 Å². The summed E-state index contributed by atoms with van der Waals surface area (Å²) in [5.74, 6) is -0.746. The molecule has 0 aromatic heterocycles. The van der Waals surface area contributed by atoms with Crippen molar-refractivity contribution in [1.29, 1.82) is 0 Å². The number of aryl methyl sites for hydroxylation is 1. The van der Waals surface area contributed by atoms with E-state index in [4.69, 9.17) is 0 Å². The largest absolute Gasteiger partial charge is 0.508 e. The Morgan fingerprint density at radius 3 is 2.28 bits per heavy atom. The van der Waals surface area contributed by atoms with Crippen LogP contribution in [-0.4, -0.2) is 78.0 Å². The second-order valence-electron chi connectivity index (χ2n) is 10.6. The molecule has 1 saturated heterocycles. The first-order valence-electron chi connectivity index (χ1n) is 13.0. The molecule has 8 nitrogen and oxygen atoms in total. The van der Waals surface area contributed by atoms with Crippen molar-refractivity contribution in [2.24, 2.45) is 0 Å². The summed E-state index contributed by atoms with van der Waals surface area (Å²) in [7, 11) is -0.512. The molecule has 0 saturated carbocycles. The van der Waals surface area contributed by atoms with Gasteiger partial charge in [-0.05, 0) is 79.4 Å². The first-order chi connectivity index (χ1) is 18.4. The Hall–Kier alpha value is -3.24. The molecule has 2 N–H and O–H groups in total. The number of hydrogen-bond donors (Lipinski definition) is 2. The Bertz CT molecular complexity index is 1440. The predicted molar refractivity (Wildman–Crippen MR) is 151 cm³/mol. The number of hydrogen-bond acceptors (Lipinski definition) is 6. The molecule has 4 rings (SSSR count). The predicted octanol–water partition coefficient (Wildman–Crippen LogP) is 4.33. The molecule has 0 amide bonds. The van der Waals surface area contributed by atoms with Gasteiger partial charge in [-0.15, -0.1) is 0 Å². The zero-order chi connectivity index (χ0) is 28.5. The summed E-state index contributed by atoms with van der Waals surface area (Å²) in [4.78, 5) is 16.3. The summed E-state index contributed by atoms with van der Waals surface area (Å²) in [5.41, 5.74) is 4.14. The van der Waals surface area contributed by atoms with Crippen LogP contribution in [0.1, 0.15) is 52.5 Å². The summed E-state index contributed by atoms with van der Waals surface area (Å²) >= 11 is 0. The van der Waals surface area contributed by atoms with E-state index in [1.807, 2.05) is 37.3 Å². The molecule has 3 atom stereocenters. The Kier molecular flexibility index (Phi) is 8.46. The molecule has 0 aliphatic carbocycles. The fraction of sp³-hybridized carbons (Fsp3) is 0.367. The van der Waals surface area contributed by atoms with Gasteiger partial charge in [-0.25, -0.2) is 17.5 Å². The molecule has 1 heterocycles. The van der Waals surface area contributed by atoms with E-state index in [9.17, 15) is 23.4 Å². The van der Waals surface area contributed by atoms with E-state index >= 15 is 0 Å². The van der Waals surface area contributed by atoms with Crippen molar-refractivity contribution in [2.75, 3.05) is 27.2 Å². The molecule has 1 fully saturated rings. The number of nitrogens with zero attached hydrogens (tertiary/aromatic N) is 3. The topological polar surface area (TPSA) is 101 Å². The maximum atomic E-state index is 12.8. The van der Waals surface area contributed by atoms with E-state index in [-0.39, 0.29) is 34.3 Å². The molecule has 1 aliphatic heterocycles. The van der Waals surface area contributed by atoms with E-state index in [0.29, 0.717) is 6.54 Å². The molecule has 0 bridgehead atoms. The molecule has 3 aromatic carbocycles. The number of phenols is 1. The summed E-state index contributed by atoms with van der Waals surface area (Å²) in [6.07, 6.45) is 0. The Morgan fingerprint density at radius 2 is 1.69 bits per heavy atom. The van der Waals surface area contributed by atoms with Gasteiger partial charge in [0.15, 0.2) is 0 Å². The van der Waals surface area contributed by atoms with Gasteiger partial charge in [0.1, 0.15) is 5.75 Å². The van der Waals surface area contributed by atoms with Crippen molar-refractivity contribution in [3.63, 3.8) is 0 Å². The number of sulfonamides is 1. The van der Waals surface area contributed by atoms with Gasteiger partial charge < -0.3 is 10.2 Å². The van der Waals surface area contributed by atoms with E-state index in [2.05, 4.69) is 23.6 Å². The van der Waals surface area contributed by atoms with Gasteiger partial charge in [-0.1, -0.05) is 30.3 Å². The molecule has 208 valence electrons. The minimum Gasteiger partial charge on any atom is -0.508 e. The SMILES string of the molecule is Cc1cc(S(=O)(=O)N(C)C)ccc1[C@H](c1cccc(O)c1)N1C[C@H](C)N(Cc2ccc(C(=O)O)cc2)C[C@H]1C. The molecule has 39 heavy (non-hydrogen) atoms. The van der Waals surface area contributed by atoms with Crippen LogP contribution in [0.2, 0.25) is 0 Å². The van der Waals surface area contributed by atoms with Crippen molar-refractivity contribution in [2.45, 2.75) is 50.3 Å². The van der Waals surface area contributed by atoms with Gasteiger partial charge in [-0.2, -0.15) is 0 Å². The molecule has 9 heteroatoms. The van der Waals surface area contributed by atoms with E-state index in [1.165, 1.54) is 18.4 Å². The van der Waals surface area contributed by atoms with Crippen molar-refractivity contribution < 1.29 is 23.4 Å². The number of aromatic hydroxyl groups is 1. The third-order valence-electron chi connectivity index (χ3n) is 7.58. The number of piperazine rings is 1. The van der Waals surface area contributed by atoms with Crippen LogP contribution in [0.4, 0.5) is 0 Å². The monoisotopic (exact) mass is 551 g/mol. The fourth-order valence-electron chi connectivity index (χ4n) is 5.36. The lowest BCUT2D eigenvalue weighted by atomic mass is 9.90. The highest BCUT2D eigenvalue weighted by molar-refractivity contribution is 7.89. The minimum absolute atomic E-state index is 0.149. The van der Waals surface area contributed by atoms with Gasteiger partial charge in [0.05, 0.1) is 16.5 Å². The van der Waals surface area contributed by atoms with Crippen LogP contribution in [0.3, 0.4) is 0 Å². The third kappa shape index (κ3) is 6.17. The molecular weight excluding hydrogens is 514 g/mol. The number of benzene rings is 3. The maximum absolute atomic E-state index is 12.8. The summed E-state index contributed by atoms with van der Waals surface area (Å²) in [6, 6.07) is 19.8. The Balaban J connectivity index is 1.65. The summed E-state index contributed by atoms with van der Waals surface area (Å²) < 4.78 is 26.7. The lowest BCUT2D eigenvalue weighted by Gasteiger charge is -2.48. The third-order valence-corrected chi connectivity index (χ3v) is 9.39. The minimum atomic E-state index is -3.56. The van der Waals surface area contributed by atoms with Crippen LogP contribution >= 0.6 is 0 Å². The number of carbonyl (C=O) groups is 1. The van der Waals surface area contributed by atoms with Gasteiger partial charge in [0, 0.05) is 45.8 Å². The van der Waals surface area contributed by atoms with E-state index in [1.54, 1.807) is 36.4 Å². The summed E-state index contributed by atoms with van der Waals surface area (Å²) in [6.45, 7) is 8.57. The van der Waals surface area contributed by atoms with Crippen molar-refractivity contribution in [3.8, 4) is 5.75 Å². The maximum Gasteiger partial charge on any atom is 0.335 e. The molecule has 0 unspecified atom stereocenters. The smallest absolute Gasteiger partial charge is 0.335 e. The van der Waals surface area contributed by atoms with Crippen molar-refractivity contribution >= 4 is 16.0 Å². The lowest BCUT2D eigenvalue weighted by molar-refractivity contribution is 0.0193. The molecule has 0 spiro atoms. The van der Waals surface area contributed by atoms with E-state index in [0.717, 1.165) is 35.3 Å². The molecule has 0 radical (unpaired) electrons. The number of aromatic carboxylic acids is 1. The van der Waals surface area contributed by atoms with Gasteiger partial charge >= 0.3 is 5.97 Å². The van der Waals surface area contributed by atoms with Crippen LogP contribution in [0.15, 0.2) is 71.6 Å². The van der Waals surface area contributed by atoms with Crippen LogP contribution in [0.25, 0.3) is 0 Å². The van der Waals surface area contributed by atoms with Gasteiger partial charge in [0.2, 0.25) is 10.0 Å². The van der Waals surface area contributed by atoms with Crippen LogP contribution in [0, 0.1) is 6.92 Å². The highest BCUT2D eigenvalue weighted by Crippen LogP contribution is 2.37. The number of carboxylic acid groups (broad SMARTS) is 1. The highest BCUT2D eigenvalue weighted by Gasteiger charge is 2.35. The van der Waals surface area contributed by atoms with Crippen LogP contribution < -0.4 is 0 Å². The Morgan fingerprint density at radius 1 is 1.00 bits per heavy atom. The average molecular weight is 552 g/mol. The lowest BCUT2D eigenvalue weighted by Crippen LogP contribution is -2.56. The number of carboxylic acids is 1. The highest BCUT2D eigenvalue weighted by atomic mass is 32.2.